The lowest BCUT2D eigenvalue weighted by atomic mass is 10.2. The van der Waals surface area contributed by atoms with E-state index in [0.29, 0.717) is 10.6 Å². The molecule has 1 aromatic carbocycles. The molecule has 0 saturated heterocycles. The Balaban J connectivity index is 2.49. The average Bonchev–Trinajstić information content (AvgIpc) is 2.25. The van der Waals surface area contributed by atoms with E-state index in [1.165, 1.54) is 0 Å². The monoisotopic (exact) mass is 223 g/mol. The van der Waals surface area contributed by atoms with Gasteiger partial charge in [0.15, 0.2) is 0 Å². The molecule has 0 atom stereocenters. The van der Waals surface area contributed by atoms with E-state index >= 15 is 0 Å². The maximum Gasteiger partial charge on any atom is 0.101 e. The second-order valence-electron chi connectivity index (χ2n) is 3.09. The Kier molecular flexibility index (Phi) is 4.96. The molecule has 0 amide bonds. The minimum atomic E-state index is 0.492. The van der Waals surface area contributed by atoms with Gasteiger partial charge in [0.05, 0.1) is 10.6 Å². The van der Waals surface area contributed by atoms with E-state index in [4.69, 9.17) is 16.9 Å². The predicted molar refractivity (Wildman–Crippen MR) is 63.2 cm³/mol. The fourth-order valence-electron chi connectivity index (χ4n) is 1.19. The standard InChI is InChI=1S/C11H14ClN3/c1-2-14-5-6-15-10-4-3-9(8-13)11(12)7-10/h3-4,7,14-15H,2,5-6H2,1H3. The van der Waals surface area contributed by atoms with Crippen LogP contribution >= 0.6 is 11.6 Å². The fraction of sp³-hybridized carbons (Fsp3) is 0.364. The van der Waals surface area contributed by atoms with Crippen molar-refractivity contribution in [2.75, 3.05) is 25.0 Å². The lowest BCUT2D eigenvalue weighted by molar-refractivity contribution is 0.739. The van der Waals surface area contributed by atoms with Crippen molar-refractivity contribution in [1.82, 2.24) is 5.32 Å². The molecule has 0 aliphatic heterocycles. The van der Waals surface area contributed by atoms with Crippen LogP contribution in [0.5, 0.6) is 0 Å². The molecule has 0 heterocycles. The molecule has 0 spiro atoms. The molecule has 1 aromatic rings. The first kappa shape index (κ1) is 11.8. The summed E-state index contributed by atoms with van der Waals surface area (Å²) in [6.45, 7) is 4.79. The Labute approximate surface area is 95.1 Å². The summed E-state index contributed by atoms with van der Waals surface area (Å²) in [5, 5.41) is 15.6. The van der Waals surface area contributed by atoms with E-state index in [2.05, 4.69) is 17.6 Å². The summed E-state index contributed by atoms with van der Waals surface area (Å²) in [5.41, 5.74) is 1.45. The molecule has 0 aromatic heterocycles. The van der Waals surface area contributed by atoms with Crippen molar-refractivity contribution in [2.45, 2.75) is 6.92 Å². The van der Waals surface area contributed by atoms with Gasteiger partial charge in [0.1, 0.15) is 6.07 Å². The third kappa shape index (κ3) is 3.78. The summed E-state index contributed by atoms with van der Waals surface area (Å²) in [6, 6.07) is 7.37. The van der Waals surface area contributed by atoms with E-state index in [1.807, 2.05) is 12.1 Å². The van der Waals surface area contributed by atoms with Crippen molar-refractivity contribution in [3.05, 3.63) is 28.8 Å². The van der Waals surface area contributed by atoms with Crippen molar-refractivity contribution in [3.63, 3.8) is 0 Å². The number of nitriles is 1. The topological polar surface area (TPSA) is 47.8 Å². The molecular weight excluding hydrogens is 210 g/mol. The van der Waals surface area contributed by atoms with Gasteiger partial charge in [-0.3, -0.25) is 0 Å². The molecule has 0 unspecified atom stereocenters. The van der Waals surface area contributed by atoms with Crippen molar-refractivity contribution >= 4 is 17.3 Å². The van der Waals surface area contributed by atoms with Crippen LogP contribution in [0.3, 0.4) is 0 Å². The number of anilines is 1. The molecule has 0 aliphatic carbocycles. The average molecular weight is 224 g/mol. The highest BCUT2D eigenvalue weighted by Crippen LogP contribution is 2.19. The van der Waals surface area contributed by atoms with Crippen LogP contribution in [0.1, 0.15) is 12.5 Å². The third-order valence-corrected chi connectivity index (χ3v) is 2.28. The van der Waals surface area contributed by atoms with Crippen LogP contribution < -0.4 is 10.6 Å². The Morgan fingerprint density at radius 3 is 2.80 bits per heavy atom. The van der Waals surface area contributed by atoms with E-state index < -0.39 is 0 Å². The molecule has 0 aliphatic rings. The quantitative estimate of drug-likeness (QED) is 0.753. The van der Waals surface area contributed by atoms with Crippen molar-refractivity contribution in [3.8, 4) is 6.07 Å². The van der Waals surface area contributed by atoms with Crippen molar-refractivity contribution in [2.24, 2.45) is 0 Å². The van der Waals surface area contributed by atoms with Crippen molar-refractivity contribution < 1.29 is 0 Å². The number of halogens is 1. The number of likely N-dealkylation sites (N-methyl/N-ethyl adjacent to an activating group) is 1. The first-order chi connectivity index (χ1) is 7.27. The number of hydrogen-bond acceptors (Lipinski definition) is 3. The normalized spacial score (nSPS) is 9.67. The highest BCUT2D eigenvalue weighted by atomic mass is 35.5. The zero-order valence-electron chi connectivity index (χ0n) is 8.68. The largest absolute Gasteiger partial charge is 0.384 e. The summed E-state index contributed by atoms with van der Waals surface area (Å²) >= 11 is 5.89. The molecule has 4 heteroatoms. The summed E-state index contributed by atoms with van der Waals surface area (Å²) in [5.74, 6) is 0. The van der Waals surface area contributed by atoms with Gasteiger partial charge in [0, 0.05) is 18.8 Å². The van der Waals surface area contributed by atoms with Gasteiger partial charge in [0.25, 0.3) is 0 Å². The van der Waals surface area contributed by atoms with Crippen LogP contribution in [0.25, 0.3) is 0 Å². The Hall–Kier alpha value is -1.24. The van der Waals surface area contributed by atoms with E-state index in [-0.39, 0.29) is 0 Å². The van der Waals surface area contributed by atoms with Crippen molar-refractivity contribution in [1.29, 1.82) is 5.26 Å². The molecule has 1 rings (SSSR count). The Morgan fingerprint density at radius 2 is 2.20 bits per heavy atom. The van der Waals surface area contributed by atoms with E-state index in [1.54, 1.807) is 12.1 Å². The first-order valence-electron chi connectivity index (χ1n) is 4.92. The summed E-state index contributed by atoms with van der Waals surface area (Å²) in [6.07, 6.45) is 0. The Morgan fingerprint density at radius 1 is 1.40 bits per heavy atom. The molecule has 0 radical (unpaired) electrons. The third-order valence-electron chi connectivity index (χ3n) is 1.97. The fourth-order valence-corrected chi connectivity index (χ4v) is 1.41. The van der Waals surface area contributed by atoms with Crippen LogP contribution in [-0.2, 0) is 0 Å². The summed E-state index contributed by atoms with van der Waals surface area (Å²) in [4.78, 5) is 0. The first-order valence-corrected chi connectivity index (χ1v) is 5.30. The number of benzene rings is 1. The van der Waals surface area contributed by atoms with Crippen LogP contribution in [0.4, 0.5) is 5.69 Å². The minimum absolute atomic E-state index is 0.492. The number of hydrogen-bond donors (Lipinski definition) is 2. The lowest BCUT2D eigenvalue weighted by Gasteiger charge is -2.07. The van der Waals surface area contributed by atoms with Gasteiger partial charge in [-0.15, -0.1) is 0 Å². The van der Waals surface area contributed by atoms with Gasteiger partial charge in [-0.05, 0) is 24.7 Å². The summed E-state index contributed by atoms with van der Waals surface area (Å²) < 4.78 is 0. The predicted octanol–water partition coefficient (Wildman–Crippen LogP) is 2.23. The molecule has 15 heavy (non-hydrogen) atoms. The lowest BCUT2D eigenvalue weighted by Crippen LogP contribution is -2.21. The van der Waals surface area contributed by atoms with E-state index in [9.17, 15) is 0 Å². The number of nitrogens with one attached hydrogen (secondary N) is 2. The molecule has 0 saturated carbocycles. The zero-order chi connectivity index (χ0) is 11.1. The van der Waals surface area contributed by atoms with E-state index in [0.717, 1.165) is 25.3 Å². The SMILES string of the molecule is CCNCCNc1ccc(C#N)c(Cl)c1. The maximum absolute atomic E-state index is 8.69. The van der Waals surface area contributed by atoms with Gasteiger partial charge in [-0.2, -0.15) is 5.26 Å². The number of nitrogens with zero attached hydrogens (tertiary/aromatic N) is 1. The molecular formula is C11H14ClN3. The molecule has 80 valence electrons. The number of rotatable bonds is 5. The zero-order valence-corrected chi connectivity index (χ0v) is 9.43. The van der Waals surface area contributed by atoms with Crippen LogP contribution in [0, 0.1) is 11.3 Å². The second-order valence-corrected chi connectivity index (χ2v) is 3.49. The molecule has 2 N–H and O–H groups in total. The van der Waals surface area contributed by atoms with Crippen LogP contribution in [0.2, 0.25) is 5.02 Å². The molecule has 0 bridgehead atoms. The van der Waals surface area contributed by atoms with Gasteiger partial charge >= 0.3 is 0 Å². The second kappa shape index (κ2) is 6.28. The smallest absolute Gasteiger partial charge is 0.101 e. The highest BCUT2D eigenvalue weighted by Gasteiger charge is 1.99. The van der Waals surface area contributed by atoms with Crippen LogP contribution in [0.15, 0.2) is 18.2 Å². The van der Waals surface area contributed by atoms with Crippen LogP contribution in [-0.4, -0.2) is 19.6 Å². The van der Waals surface area contributed by atoms with Gasteiger partial charge in [-0.1, -0.05) is 18.5 Å². The van der Waals surface area contributed by atoms with Gasteiger partial charge in [0.2, 0.25) is 0 Å². The van der Waals surface area contributed by atoms with Gasteiger partial charge < -0.3 is 10.6 Å². The molecule has 0 fully saturated rings. The maximum atomic E-state index is 8.69. The van der Waals surface area contributed by atoms with Gasteiger partial charge in [-0.25, -0.2) is 0 Å². The summed E-state index contributed by atoms with van der Waals surface area (Å²) in [7, 11) is 0. The minimum Gasteiger partial charge on any atom is -0.384 e. The molecule has 3 nitrogen and oxygen atoms in total. The highest BCUT2D eigenvalue weighted by molar-refractivity contribution is 6.32. The Bertz CT molecular complexity index is 357.